The third-order valence-electron chi connectivity index (χ3n) is 2.74. The van der Waals surface area contributed by atoms with Gasteiger partial charge in [-0.05, 0) is 37.6 Å². The average Bonchev–Trinajstić information content (AvgIpc) is 2.82. The van der Waals surface area contributed by atoms with Crippen LogP contribution in [0.2, 0.25) is 0 Å². The monoisotopic (exact) mass is 294 g/mol. The van der Waals surface area contributed by atoms with Crippen molar-refractivity contribution < 1.29 is 9.13 Å². The van der Waals surface area contributed by atoms with Crippen molar-refractivity contribution in [3.63, 3.8) is 0 Å². The van der Waals surface area contributed by atoms with Gasteiger partial charge in [-0.15, -0.1) is 11.3 Å². The zero-order valence-corrected chi connectivity index (χ0v) is 12.6. The lowest BCUT2D eigenvalue weighted by molar-refractivity contribution is 0.307. The van der Waals surface area contributed by atoms with Gasteiger partial charge in [-0.3, -0.25) is 0 Å². The summed E-state index contributed by atoms with van der Waals surface area (Å²) >= 11 is 1.59. The molecule has 108 valence electrons. The van der Waals surface area contributed by atoms with Crippen LogP contribution in [0.5, 0.6) is 5.75 Å². The highest BCUT2D eigenvalue weighted by Crippen LogP contribution is 2.19. The van der Waals surface area contributed by atoms with E-state index in [-0.39, 0.29) is 5.82 Å². The van der Waals surface area contributed by atoms with Crippen molar-refractivity contribution in [3.05, 3.63) is 45.7 Å². The van der Waals surface area contributed by atoms with Gasteiger partial charge in [0.05, 0.1) is 9.88 Å². The Hall–Kier alpha value is -1.46. The highest BCUT2D eigenvalue weighted by Gasteiger charge is 2.04. The molecule has 0 saturated carbocycles. The molecule has 0 amide bonds. The number of ether oxygens (including phenoxy) is 1. The predicted molar refractivity (Wildman–Crippen MR) is 79.6 cm³/mol. The quantitative estimate of drug-likeness (QED) is 0.791. The van der Waals surface area contributed by atoms with Crippen LogP contribution in [0.15, 0.2) is 24.4 Å². The van der Waals surface area contributed by atoms with Crippen molar-refractivity contribution >= 4 is 11.3 Å². The lowest BCUT2D eigenvalue weighted by Gasteiger charge is -2.08. The summed E-state index contributed by atoms with van der Waals surface area (Å²) < 4.78 is 19.2. The van der Waals surface area contributed by atoms with Gasteiger partial charge in [0.15, 0.2) is 0 Å². The molecule has 0 spiro atoms. The van der Waals surface area contributed by atoms with E-state index in [0.717, 1.165) is 28.4 Å². The number of nitrogens with one attached hydrogen (secondary N) is 1. The fourth-order valence-electron chi connectivity index (χ4n) is 1.84. The summed E-state index contributed by atoms with van der Waals surface area (Å²) in [5.74, 6) is 0.292. The number of thiazole rings is 1. The fourth-order valence-corrected chi connectivity index (χ4v) is 2.55. The second-order valence-corrected chi connectivity index (χ2v) is 5.93. The molecule has 0 radical (unpaired) electrons. The average molecular weight is 294 g/mol. The Kier molecular flexibility index (Phi) is 5.49. The molecule has 5 heteroatoms. The minimum atomic E-state index is -0.267. The molecule has 0 atom stereocenters. The van der Waals surface area contributed by atoms with Crippen molar-refractivity contribution in [2.75, 3.05) is 6.54 Å². The van der Waals surface area contributed by atoms with Gasteiger partial charge in [0.2, 0.25) is 0 Å². The van der Waals surface area contributed by atoms with Crippen molar-refractivity contribution in [3.8, 4) is 5.75 Å². The zero-order chi connectivity index (χ0) is 14.4. The Bertz CT molecular complexity index is 557. The minimum absolute atomic E-state index is 0.267. The molecule has 0 unspecified atom stereocenters. The molecular formula is C15H19FN2OS. The Labute approximate surface area is 122 Å². The summed E-state index contributed by atoms with van der Waals surface area (Å²) in [6.45, 7) is 6.06. The first-order valence-electron chi connectivity index (χ1n) is 6.71. The third kappa shape index (κ3) is 4.58. The van der Waals surface area contributed by atoms with E-state index in [0.29, 0.717) is 18.9 Å². The number of hydrogen-bond donors (Lipinski definition) is 1. The standard InChI is InChI=1S/C15H19FN2OS/c1-3-4-17-8-12-5-13(16)7-14(6-12)19-10-15-9-18-11(2)20-15/h5-7,9,17H,3-4,8,10H2,1-2H3. The molecule has 0 aliphatic rings. The molecule has 2 aromatic rings. The van der Waals surface area contributed by atoms with Gasteiger partial charge < -0.3 is 10.1 Å². The SMILES string of the molecule is CCCNCc1cc(F)cc(OCc2cnc(C)s2)c1. The van der Waals surface area contributed by atoms with E-state index in [1.165, 1.54) is 12.1 Å². The lowest BCUT2D eigenvalue weighted by atomic mass is 10.2. The number of halogens is 1. The van der Waals surface area contributed by atoms with Crippen molar-refractivity contribution in [1.29, 1.82) is 0 Å². The molecular weight excluding hydrogens is 275 g/mol. The second-order valence-electron chi connectivity index (χ2n) is 4.61. The molecule has 0 aliphatic carbocycles. The van der Waals surface area contributed by atoms with Gasteiger partial charge in [0.1, 0.15) is 18.2 Å². The van der Waals surface area contributed by atoms with Crippen molar-refractivity contribution in [2.45, 2.75) is 33.4 Å². The predicted octanol–water partition coefficient (Wildman–Crippen LogP) is 3.67. The Balaban J connectivity index is 1.96. The molecule has 20 heavy (non-hydrogen) atoms. The number of rotatable bonds is 7. The highest BCUT2D eigenvalue weighted by atomic mass is 32.1. The topological polar surface area (TPSA) is 34.1 Å². The Morgan fingerprint density at radius 2 is 2.20 bits per heavy atom. The normalized spacial score (nSPS) is 10.8. The number of hydrogen-bond acceptors (Lipinski definition) is 4. The van der Waals surface area contributed by atoms with Gasteiger partial charge in [-0.1, -0.05) is 6.92 Å². The molecule has 0 aliphatic heterocycles. The summed E-state index contributed by atoms with van der Waals surface area (Å²) in [4.78, 5) is 5.21. The van der Waals surface area contributed by atoms with Crippen LogP contribution >= 0.6 is 11.3 Å². The summed E-state index contributed by atoms with van der Waals surface area (Å²) in [6.07, 6.45) is 2.85. The maximum atomic E-state index is 13.5. The van der Waals surface area contributed by atoms with Crippen LogP contribution < -0.4 is 10.1 Å². The van der Waals surface area contributed by atoms with Gasteiger partial charge in [-0.25, -0.2) is 9.37 Å². The van der Waals surface area contributed by atoms with E-state index in [9.17, 15) is 4.39 Å². The van der Waals surface area contributed by atoms with Crippen molar-refractivity contribution in [1.82, 2.24) is 10.3 Å². The van der Waals surface area contributed by atoms with Crippen LogP contribution in [-0.4, -0.2) is 11.5 Å². The van der Waals surface area contributed by atoms with Crippen molar-refractivity contribution in [2.24, 2.45) is 0 Å². The summed E-state index contributed by atoms with van der Waals surface area (Å²) in [6, 6.07) is 4.82. The van der Waals surface area contributed by atoms with Crippen LogP contribution in [0.4, 0.5) is 4.39 Å². The Morgan fingerprint density at radius 3 is 2.90 bits per heavy atom. The van der Waals surface area contributed by atoms with Crippen LogP contribution in [0.3, 0.4) is 0 Å². The summed E-state index contributed by atoms with van der Waals surface area (Å²) in [5.41, 5.74) is 0.897. The van der Waals surface area contributed by atoms with E-state index in [1.54, 1.807) is 17.5 Å². The smallest absolute Gasteiger partial charge is 0.127 e. The van der Waals surface area contributed by atoms with Gasteiger partial charge in [0.25, 0.3) is 0 Å². The molecule has 3 nitrogen and oxygen atoms in total. The van der Waals surface area contributed by atoms with Gasteiger partial charge in [-0.2, -0.15) is 0 Å². The second kappa shape index (κ2) is 7.36. The van der Waals surface area contributed by atoms with E-state index in [1.807, 2.05) is 13.0 Å². The number of nitrogens with zero attached hydrogens (tertiary/aromatic N) is 1. The summed E-state index contributed by atoms with van der Waals surface area (Å²) in [5, 5.41) is 4.26. The molecule has 1 aromatic heterocycles. The maximum Gasteiger partial charge on any atom is 0.127 e. The maximum absolute atomic E-state index is 13.5. The van der Waals surface area contributed by atoms with Crippen LogP contribution in [-0.2, 0) is 13.2 Å². The van der Waals surface area contributed by atoms with Crippen LogP contribution in [0.1, 0.15) is 28.8 Å². The molecule has 1 N–H and O–H groups in total. The van der Waals surface area contributed by atoms with Gasteiger partial charge in [0, 0.05) is 18.8 Å². The highest BCUT2D eigenvalue weighted by molar-refractivity contribution is 7.11. The number of benzene rings is 1. The third-order valence-corrected chi connectivity index (χ3v) is 3.62. The van der Waals surface area contributed by atoms with E-state index in [4.69, 9.17) is 4.74 Å². The molecule has 2 rings (SSSR count). The number of aryl methyl sites for hydroxylation is 1. The lowest BCUT2D eigenvalue weighted by Crippen LogP contribution is -2.14. The van der Waals surface area contributed by atoms with E-state index < -0.39 is 0 Å². The molecule has 0 fully saturated rings. The van der Waals surface area contributed by atoms with E-state index >= 15 is 0 Å². The Morgan fingerprint density at radius 1 is 1.35 bits per heavy atom. The van der Waals surface area contributed by atoms with Gasteiger partial charge >= 0.3 is 0 Å². The largest absolute Gasteiger partial charge is 0.488 e. The van der Waals surface area contributed by atoms with Crippen LogP contribution in [0.25, 0.3) is 0 Å². The van der Waals surface area contributed by atoms with Crippen LogP contribution in [0, 0.1) is 12.7 Å². The zero-order valence-electron chi connectivity index (χ0n) is 11.8. The minimum Gasteiger partial charge on any atom is -0.488 e. The van der Waals surface area contributed by atoms with E-state index in [2.05, 4.69) is 17.2 Å². The fraction of sp³-hybridized carbons (Fsp3) is 0.400. The number of aromatic nitrogens is 1. The molecule has 1 aromatic carbocycles. The molecule has 1 heterocycles. The summed E-state index contributed by atoms with van der Waals surface area (Å²) in [7, 11) is 0. The first-order valence-corrected chi connectivity index (χ1v) is 7.53. The molecule has 0 bridgehead atoms. The first-order chi connectivity index (χ1) is 9.67. The molecule has 0 saturated heterocycles. The first kappa shape index (κ1) is 14.9.